The number of carbonyl (C=O) groups is 1. The zero-order chi connectivity index (χ0) is 16.2. The Morgan fingerprint density at radius 2 is 1.76 bits per heavy atom. The number of ether oxygens (including phenoxy) is 2. The molecule has 0 bridgehead atoms. The summed E-state index contributed by atoms with van der Waals surface area (Å²) in [7, 11) is -1.34. The summed E-state index contributed by atoms with van der Waals surface area (Å²) in [6.45, 7) is 4.59. The molecule has 0 radical (unpaired) electrons. The SMILES string of the molecule is CCN(CC)C(=O)c1c(OC)ccc(S(N)(=O)=O)c1OC. The lowest BCUT2D eigenvalue weighted by Gasteiger charge is -2.22. The summed E-state index contributed by atoms with van der Waals surface area (Å²) in [4.78, 5) is 13.9. The second kappa shape index (κ2) is 6.77. The van der Waals surface area contributed by atoms with Crippen LogP contribution in [0.1, 0.15) is 24.2 Å². The van der Waals surface area contributed by atoms with Crippen molar-refractivity contribution in [2.45, 2.75) is 18.7 Å². The van der Waals surface area contributed by atoms with Crippen LogP contribution >= 0.6 is 0 Å². The molecule has 2 N–H and O–H groups in total. The van der Waals surface area contributed by atoms with Crippen LogP contribution in [0.4, 0.5) is 0 Å². The molecule has 0 saturated carbocycles. The summed E-state index contributed by atoms with van der Waals surface area (Å²) in [5.41, 5.74) is 0.0511. The van der Waals surface area contributed by atoms with E-state index in [9.17, 15) is 13.2 Å². The third kappa shape index (κ3) is 3.45. The highest BCUT2D eigenvalue weighted by atomic mass is 32.2. The normalized spacial score (nSPS) is 11.1. The highest BCUT2D eigenvalue weighted by molar-refractivity contribution is 7.89. The molecular weight excluding hydrogens is 296 g/mol. The zero-order valence-corrected chi connectivity index (χ0v) is 13.4. The van der Waals surface area contributed by atoms with Gasteiger partial charge >= 0.3 is 0 Å². The maximum absolute atomic E-state index is 12.6. The Morgan fingerprint density at radius 3 is 2.14 bits per heavy atom. The number of nitrogens with two attached hydrogens (primary N) is 1. The van der Waals surface area contributed by atoms with E-state index < -0.39 is 10.0 Å². The molecule has 7 nitrogen and oxygen atoms in total. The van der Waals surface area contributed by atoms with Gasteiger partial charge < -0.3 is 14.4 Å². The lowest BCUT2D eigenvalue weighted by Crippen LogP contribution is -2.31. The molecule has 1 aromatic rings. The summed E-state index contributed by atoms with van der Waals surface area (Å²) >= 11 is 0. The number of methoxy groups -OCH3 is 2. The molecule has 0 fully saturated rings. The van der Waals surface area contributed by atoms with Crippen LogP contribution in [0.3, 0.4) is 0 Å². The maximum atomic E-state index is 12.6. The van der Waals surface area contributed by atoms with Crippen LogP contribution in [0.25, 0.3) is 0 Å². The van der Waals surface area contributed by atoms with Crippen LogP contribution in [-0.2, 0) is 10.0 Å². The molecule has 21 heavy (non-hydrogen) atoms. The fourth-order valence-electron chi connectivity index (χ4n) is 2.01. The molecule has 1 rings (SSSR count). The smallest absolute Gasteiger partial charge is 0.261 e. The van der Waals surface area contributed by atoms with E-state index >= 15 is 0 Å². The van der Waals surface area contributed by atoms with Crippen LogP contribution in [0, 0.1) is 0 Å². The van der Waals surface area contributed by atoms with Gasteiger partial charge in [0.15, 0.2) is 5.75 Å². The fraction of sp³-hybridized carbons (Fsp3) is 0.462. The van der Waals surface area contributed by atoms with Gasteiger partial charge in [-0.15, -0.1) is 0 Å². The van der Waals surface area contributed by atoms with Crippen molar-refractivity contribution in [2.75, 3.05) is 27.3 Å². The molecule has 0 aliphatic rings. The number of sulfonamides is 1. The van der Waals surface area contributed by atoms with Crippen LogP contribution in [0.2, 0.25) is 0 Å². The van der Waals surface area contributed by atoms with E-state index in [1.807, 2.05) is 13.8 Å². The molecule has 118 valence electrons. The van der Waals surface area contributed by atoms with Crippen molar-refractivity contribution in [1.82, 2.24) is 4.90 Å². The van der Waals surface area contributed by atoms with E-state index in [4.69, 9.17) is 14.6 Å². The van der Waals surface area contributed by atoms with Gasteiger partial charge in [-0.1, -0.05) is 0 Å². The molecular formula is C13H20N2O5S. The van der Waals surface area contributed by atoms with Crippen molar-refractivity contribution in [3.8, 4) is 11.5 Å². The third-order valence-corrected chi connectivity index (χ3v) is 4.01. The van der Waals surface area contributed by atoms with E-state index in [0.29, 0.717) is 13.1 Å². The lowest BCUT2D eigenvalue weighted by molar-refractivity contribution is 0.0765. The number of hydrogen-bond acceptors (Lipinski definition) is 5. The van der Waals surface area contributed by atoms with Crippen molar-refractivity contribution in [1.29, 1.82) is 0 Å². The second-order valence-corrected chi connectivity index (χ2v) is 5.73. The van der Waals surface area contributed by atoms with E-state index in [2.05, 4.69) is 0 Å². The third-order valence-electron chi connectivity index (χ3n) is 3.08. The molecule has 0 atom stereocenters. The minimum absolute atomic E-state index is 0.0511. The fourth-order valence-corrected chi connectivity index (χ4v) is 2.72. The summed E-state index contributed by atoms with van der Waals surface area (Å²) in [6, 6.07) is 2.64. The standard InChI is InChI=1S/C13H20N2O5S/c1-5-15(6-2)13(16)11-9(19-3)7-8-10(12(11)20-4)21(14,17)18/h7-8H,5-6H2,1-4H3,(H2,14,17,18). The van der Waals surface area contributed by atoms with Gasteiger partial charge in [-0.25, -0.2) is 13.6 Å². The van der Waals surface area contributed by atoms with Gasteiger partial charge in [-0.05, 0) is 26.0 Å². The molecule has 0 unspecified atom stereocenters. The number of primary sulfonamides is 1. The van der Waals surface area contributed by atoms with Crippen LogP contribution < -0.4 is 14.6 Å². The Hall–Kier alpha value is -1.80. The van der Waals surface area contributed by atoms with Crippen LogP contribution in [-0.4, -0.2) is 46.5 Å². The van der Waals surface area contributed by atoms with Crippen molar-refractivity contribution < 1.29 is 22.7 Å². The average Bonchev–Trinajstić information content (AvgIpc) is 2.45. The first kappa shape index (κ1) is 17.3. The van der Waals surface area contributed by atoms with Gasteiger partial charge in [0.05, 0.1) is 14.2 Å². The van der Waals surface area contributed by atoms with Crippen molar-refractivity contribution in [3.63, 3.8) is 0 Å². The van der Waals surface area contributed by atoms with Gasteiger partial charge in [0.2, 0.25) is 10.0 Å². The van der Waals surface area contributed by atoms with Gasteiger partial charge in [-0.2, -0.15) is 0 Å². The number of benzene rings is 1. The molecule has 0 heterocycles. The van der Waals surface area contributed by atoms with Gasteiger partial charge in [0.25, 0.3) is 5.91 Å². The summed E-state index contributed by atoms with van der Waals surface area (Å²) in [5.74, 6) is -0.246. The first-order chi connectivity index (χ1) is 9.81. The molecule has 1 aromatic carbocycles. The maximum Gasteiger partial charge on any atom is 0.261 e. The number of amides is 1. The van der Waals surface area contributed by atoms with Crippen LogP contribution in [0.5, 0.6) is 11.5 Å². The van der Waals surface area contributed by atoms with Crippen molar-refractivity contribution >= 4 is 15.9 Å². The Kier molecular flexibility index (Phi) is 5.56. The summed E-state index contributed by atoms with van der Waals surface area (Å²) < 4.78 is 33.5. The Morgan fingerprint density at radius 1 is 1.19 bits per heavy atom. The zero-order valence-electron chi connectivity index (χ0n) is 12.5. The predicted molar refractivity (Wildman–Crippen MR) is 78.2 cm³/mol. The van der Waals surface area contributed by atoms with E-state index in [0.717, 1.165) is 0 Å². The molecule has 0 aliphatic carbocycles. The molecule has 8 heteroatoms. The van der Waals surface area contributed by atoms with Gasteiger partial charge in [0, 0.05) is 13.1 Å². The number of nitrogens with zero attached hydrogens (tertiary/aromatic N) is 1. The molecule has 0 spiro atoms. The first-order valence-electron chi connectivity index (χ1n) is 6.38. The first-order valence-corrected chi connectivity index (χ1v) is 7.93. The molecule has 0 aliphatic heterocycles. The molecule has 0 aromatic heterocycles. The quantitative estimate of drug-likeness (QED) is 0.838. The van der Waals surface area contributed by atoms with Crippen molar-refractivity contribution in [3.05, 3.63) is 17.7 Å². The van der Waals surface area contributed by atoms with Gasteiger partial charge in [-0.3, -0.25) is 4.79 Å². The highest BCUT2D eigenvalue weighted by Gasteiger charge is 2.28. The van der Waals surface area contributed by atoms with Crippen molar-refractivity contribution in [2.24, 2.45) is 5.14 Å². The number of hydrogen-bond donors (Lipinski definition) is 1. The minimum Gasteiger partial charge on any atom is -0.496 e. The topological polar surface area (TPSA) is 98.9 Å². The highest BCUT2D eigenvalue weighted by Crippen LogP contribution is 2.35. The van der Waals surface area contributed by atoms with Crippen LogP contribution in [0.15, 0.2) is 17.0 Å². The Labute approximate surface area is 124 Å². The predicted octanol–water partition coefficient (Wildman–Crippen LogP) is 0.833. The van der Waals surface area contributed by atoms with E-state index in [1.54, 1.807) is 0 Å². The Balaban J connectivity index is 3.64. The second-order valence-electron chi connectivity index (χ2n) is 4.20. The minimum atomic E-state index is -4.02. The lowest BCUT2D eigenvalue weighted by atomic mass is 10.1. The molecule has 1 amide bonds. The number of rotatable bonds is 6. The number of carbonyl (C=O) groups excluding carboxylic acids is 1. The van der Waals surface area contributed by atoms with E-state index in [1.165, 1.54) is 31.3 Å². The Bertz CT molecular complexity index is 624. The van der Waals surface area contributed by atoms with Gasteiger partial charge in [0.1, 0.15) is 16.2 Å². The monoisotopic (exact) mass is 316 g/mol. The summed E-state index contributed by atoms with van der Waals surface area (Å²) in [6.07, 6.45) is 0. The molecule has 0 saturated heterocycles. The average molecular weight is 316 g/mol. The summed E-state index contributed by atoms with van der Waals surface area (Å²) in [5, 5.41) is 5.16. The largest absolute Gasteiger partial charge is 0.496 e. The van der Waals surface area contributed by atoms with E-state index in [-0.39, 0.29) is 27.9 Å².